The van der Waals surface area contributed by atoms with Crippen molar-refractivity contribution in [3.8, 4) is 11.5 Å². The second-order valence-electron chi connectivity index (χ2n) is 8.66. The van der Waals surface area contributed by atoms with Crippen LogP contribution < -0.4 is 29.7 Å². The van der Waals surface area contributed by atoms with Crippen LogP contribution in [-0.2, 0) is 4.79 Å². The Morgan fingerprint density at radius 1 is 1.13 bits per heavy atom. The molecule has 0 unspecified atom stereocenters. The summed E-state index contributed by atoms with van der Waals surface area (Å²) in [7, 11) is 0. The van der Waals surface area contributed by atoms with Gasteiger partial charge in [-0.25, -0.2) is 4.99 Å². The predicted molar refractivity (Wildman–Crippen MR) is 156 cm³/mol. The number of amides is 1. The third kappa shape index (κ3) is 5.50. The highest BCUT2D eigenvalue weighted by Gasteiger charge is 2.33. The average molecular weight is 558 g/mol. The fourth-order valence-corrected chi connectivity index (χ4v) is 6.22. The molecule has 0 saturated carbocycles. The molecule has 1 atom stereocenters. The molecule has 5 rings (SSSR count). The second-order valence-corrected chi connectivity index (χ2v) is 10.6. The predicted octanol–water partition coefficient (Wildman–Crippen LogP) is 4.90. The van der Waals surface area contributed by atoms with Crippen LogP contribution >= 0.6 is 22.7 Å². The van der Waals surface area contributed by atoms with E-state index in [1.165, 1.54) is 22.7 Å². The smallest absolute Gasteiger partial charge is 0.271 e. The lowest BCUT2D eigenvalue weighted by Crippen LogP contribution is -2.40. The molecule has 0 radical (unpaired) electrons. The normalized spacial score (nSPS) is 14.9. The largest absolute Gasteiger partial charge is 0.490 e. The molecule has 4 aromatic rings. The molecule has 1 N–H and O–H groups in total. The lowest BCUT2D eigenvalue weighted by molar-refractivity contribution is -0.113. The molecule has 198 valence electrons. The number of hydrogen-bond donors (Lipinski definition) is 1. The van der Waals surface area contributed by atoms with Gasteiger partial charge in [0, 0.05) is 10.6 Å². The zero-order valence-corrected chi connectivity index (χ0v) is 23.2. The Bertz CT molecular complexity index is 1720. The van der Waals surface area contributed by atoms with Crippen molar-refractivity contribution in [1.82, 2.24) is 4.57 Å². The lowest BCUT2D eigenvalue weighted by Gasteiger charge is -2.24. The van der Waals surface area contributed by atoms with Crippen LogP contribution in [0.3, 0.4) is 0 Å². The quantitative estimate of drug-likeness (QED) is 0.297. The van der Waals surface area contributed by atoms with E-state index >= 15 is 0 Å². The molecule has 1 aliphatic rings. The third-order valence-electron chi connectivity index (χ3n) is 6.03. The van der Waals surface area contributed by atoms with Crippen molar-refractivity contribution < 1.29 is 14.3 Å². The SMILES string of the molecule is C=CCOc1ccc(/C=c2\sc3n(c2=O)[C@H](c2cccs2)C(C(=O)Nc2ccccc2)=C(C)N=3)cc1OCC. The first-order valence-corrected chi connectivity index (χ1v) is 14.1. The number of nitrogens with zero attached hydrogens (tertiary/aromatic N) is 2. The molecule has 7 nitrogen and oxygen atoms in total. The minimum absolute atomic E-state index is 0.209. The van der Waals surface area contributed by atoms with Gasteiger partial charge in [0.25, 0.3) is 11.5 Å². The van der Waals surface area contributed by atoms with Crippen molar-refractivity contribution in [2.24, 2.45) is 4.99 Å². The van der Waals surface area contributed by atoms with Gasteiger partial charge in [0.1, 0.15) is 12.6 Å². The maximum Gasteiger partial charge on any atom is 0.271 e. The fourth-order valence-electron chi connectivity index (χ4n) is 4.35. The number of para-hydroxylation sites is 1. The summed E-state index contributed by atoms with van der Waals surface area (Å²) in [6, 6.07) is 18.1. The molecular weight excluding hydrogens is 530 g/mol. The van der Waals surface area contributed by atoms with E-state index in [-0.39, 0.29) is 11.5 Å². The molecule has 0 spiro atoms. The topological polar surface area (TPSA) is 81.9 Å². The number of nitrogens with one attached hydrogen (secondary N) is 1. The van der Waals surface area contributed by atoms with Crippen molar-refractivity contribution in [3.05, 3.63) is 120 Å². The van der Waals surface area contributed by atoms with E-state index in [0.29, 0.717) is 51.0 Å². The zero-order chi connectivity index (χ0) is 27.4. The summed E-state index contributed by atoms with van der Waals surface area (Å²) in [6.07, 6.45) is 3.49. The number of allylic oxidation sites excluding steroid dienone is 1. The van der Waals surface area contributed by atoms with E-state index < -0.39 is 6.04 Å². The van der Waals surface area contributed by atoms with Gasteiger partial charge >= 0.3 is 0 Å². The lowest BCUT2D eigenvalue weighted by atomic mass is 10.0. The number of anilines is 1. The standard InChI is InChI=1S/C30H27N3O4S2/c1-4-15-37-22-14-13-20(17-23(22)36-5-2)18-25-29(35)33-27(24-12-9-16-38-24)26(19(3)31-30(33)39-25)28(34)32-21-10-7-6-8-11-21/h4,6-14,16-18,27H,1,5,15H2,2-3H3,(H,32,34)/b25-18-/t27-/m1/s1. The monoisotopic (exact) mass is 557 g/mol. The van der Waals surface area contributed by atoms with Crippen LogP contribution in [0.25, 0.3) is 6.08 Å². The van der Waals surface area contributed by atoms with Crippen LogP contribution in [0, 0.1) is 0 Å². The van der Waals surface area contributed by atoms with Gasteiger partial charge in [0.05, 0.1) is 22.4 Å². The Labute approximate surface area is 233 Å². The molecular formula is C30H27N3O4S2. The first-order chi connectivity index (χ1) is 19.0. The van der Waals surface area contributed by atoms with E-state index in [2.05, 4.69) is 11.9 Å². The Morgan fingerprint density at radius 3 is 2.67 bits per heavy atom. The molecule has 0 fully saturated rings. The molecule has 0 saturated heterocycles. The van der Waals surface area contributed by atoms with Crippen molar-refractivity contribution in [2.45, 2.75) is 19.9 Å². The number of aromatic nitrogens is 1. The van der Waals surface area contributed by atoms with Crippen LogP contribution in [0.15, 0.2) is 99.8 Å². The number of thiophene rings is 1. The first kappa shape index (κ1) is 26.4. The number of fused-ring (bicyclic) bond motifs is 1. The molecule has 0 bridgehead atoms. The number of thiazole rings is 1. The maximum atomic E-state index is 13.8. The first-order valence-electron chi connectivity index (χ1n) is 12.4. The van der Waals surface area contributed by atoms with E-state index in [1.54, 1.807) is 10.6 Å². The summed E-state index contributed by atoms with van der Waals surface area (Å²) in [6.45, 7) is 8.24. The number of ether oxygens (including phenoxy) is 2. The van der Waals surface area contributed by atoms with Crippen LogP contribution in [0.1, 0.15) is 30.3 Å². The van der Waals surface area contributed by atoms with Gasteiger partial charge in [-0.15, -0.1) is 11.3 Å². The Kier molecular flexibility index (Phi) is 7.90. The highest BCUT2D eigenvalue weighted by Crippen LogP contribution is 2.33. The summed E-state index contributed by atoms with van der Waals surface area (Å²) in [4.78, 5) is 33.5. The molecule has 0 aliphatic carbocycles. The molecule has 1 amide bonds. The number of benzene rings is 2. The minimum Gasteiger partial charge on any atom is -0.490 e. The van der Waals surface area contributed by atoms with E-state index in [4.69, 9.17) is 14.5 Å². The number of rotatable bonds is 9. The van der Waals surface area contributed by atoms with Crippen molar-refractivity contribution in [3.63, 3.8) is 0 Å². The van der Waals surface area contributed by atoms with Crippen molar-refractivity contribution >= 4 is 40.3 Å². The summed E-state index contributed by atoms with van der Waals surface area (Å²) < 4.78 is 13.6. The van der Waals surface area contributed by atoms with Crippen LogP contribution in [0.4, 0.5) is 5.69 Å². The second kappa shape index (κ2) is 11.7. The van der Waals surface area contributed by atoms with Crippen molar-refractivity contribution in [1.29, 1.82) is 0 Å². The Hall–Kier alpha value is -4.21. The van der Waals surface area contributed by atoms with Gasteiger partial charge in [-0.2, -0.15) is 0 Å². The summed E-state index contributed by atoms with van der Waals surface area (Å²) in [5, 5.41) is 4.91. The van der Waals surface area contributed by atoms with Crippen molar-refractivity contribution in [2.75, 3.05) is 18.5 Å². The molecule has 2 aromatic carbocycles. The van der Waals surface area contributed by atoms with Gasteiger partial charge in [-0.1, -0.05) is 54.3 Å². The number of carbonyl (C=O) groups is 1. The maximum absolute atomic E-state index is 13.8. The Balaban J connectivity index is 1.59. The fraction of sp³-hybridized carbons (Fsp3) is 0.167. The van der Waals surface area contributed by atoms with E-state index in [0.717, 1.165) is 10.4 Å². The number of carbonyl (C=O) groups excluding carboxylic acids is 1. The van der Waals surface area contributed by atoms with Crippen LogP contribution in [0.2, 0.25) is 0 Å². The van der Waals surface area contributed by atoms with Gasteiger partial charge in [-0.05, 0) is 61.2 Å². The van der Waals surface area contributed by atoms with E-state index in [1.807, 2.05) is 86.0 Å². The van der Waals surface area contributed by atoms with E-state index in [9.17, 15) is 9.59 Å². The third-order valence-corrected chi connectivity index (χ3v) is 7.94. The average Bonchev–Trinajstić information content (AvgIpc) is 3.57. The Morgan fingerprint density at radius 2 is 1.95 bits per heavy atom. The van der Waals surface area contributed by atoms with Gasteiger partial charge in [-0.3, -0.25) is 14.2 Å². The minimum atomic E-state index is -0.583. The number of hydrogen-bond acceptors (Lipinski definition) is 7. The highest BCUT2D eigenvalue weighted by atomic mass is 32.1. The molecule has 2 aromatic heterocycles. The van der Waals surface area contributed by atoms with Gasteiger partial charge in [0.2, 0.25) is 0 Å². The molecule has 39 heavy (non-hydrogen) atoms. The van der Waals surface area contributed by atoms with Crippen LogP contribution in [0.5, 0.6) is 11.5 Å². The zero-order valence-electron chi connectivity index (χ0n) is 21.5. The van der Waals surface area contributed by atoms with Crippen LogP contribution in [-0.4, -0.2) is 23.7 Å². The summed E-state index contributed by atoms with van der Waals surface area (Å²) in [5.74, 6) is 0.914. The highest BCUT2D eigenvalue weighted by molar-refractivity contribution is 7.10. The summed E-state index contributed by atoms with van der Waals surface area (Å²) in [5.41, 5.74) is 2.29. The van der Waals surface area contributed by atoms with Gasteiger partial charge < -0.3 is 14.8 Å². The molecule has 9 heteroatoms. The van der Waals surface area contributed by atoms with Gasteiger partial charge in [0.15, 0.2) is 16.3 Å². The summed E-state index contributed by atoms with van der Waals surface area (Å²) >= 11 is 2.80. The molecule has 3 heterocycles. The molecule has 1 aliphatic heterocycles.